The Morgan fingerprint density at radius 2 is 2.10 bits per heavy atom. The van der Waals surface area contributed by atoms with Crippen LogP contribution in [0.25, 0.3) is 0 Å². The number of nitrogens with one attached hydrogen (secondary N) is 1. The molecule has 0 atom stereocenters. The zero-order valence-corrected chi connectivity index (χ0v) is 11.9. The van der Waals surface area contributed by atoms with Crippen LogP contribution in [0.4, 0.5) is 0 Å². The van der Waals surface area contributed by atoms with E-state index in [-0.39, 0.29) is 5.91 Å². The number of benzene rings is 1. The molecule has 20 heavy (non-hydrogen) atoms. The highest BCUT2D eigenvalue weighted by Gasteiger charge is 2.08. The summed E-state index contributed by atoms with van der Waals surface area (Å²) in [6.07, 6.45) is 1.52. The quantitative estimate of drug-likeness (QED) is 0.680. The number of carbonyl (C=O) groups is 1. The summed E-state index contributed by atoms with van der Waals surface area (Å²) >= 11 is 1.36. The molecule has 0 unspecified atom stereocenters. The van der Waals surface area contributed by atoms with Crippen LogP contribution >= 0.6 is 11.3 Å². The average Bonchev–Trinajstić information content (AvgIpc) is 3.01. The molecule has 0 saturated heterocycles. The molecule has 0 fully saturated rings. The Balaban J connectivity index is 2.10. The van der Waals surface area contributed by atoms with Crippen molar-refractivity contribution in [1.29, 1.82) is 0 Å². The summed E-state index contributed by atoms with van der Waals surface area (Å²) in [5, 5.41) is 5.77. The molecule has 2 rings (SSSR count). The minimum Gasteiger partial charge on any atom is -0.493 e. The Hall–Kier alpha value is -2.34. The first-order valence-electron chi connectivity index (χ1n) is 5.84. The van der Waals surface area contributed by atoms with E-state index in [9.17, 15) is 4.79 Å². The zero-order valence-electron chi connectivity index (χ0n) is 11.1. The largest absolute Gasteiger partial charge is 0.493 e. The second kappa shape index (κ2) is 6.72. The number of ether oxygens (including phenoxy) is 2. The van der Waals surface area contributed by atoms with Crippen LogP contribution in [-0.2, 0) is 0 Å². The van der Waals surface area contributed by atoms with E-state index in [0.717, 1.165) is 5.56 Å². The molecule has 104 valence electrons. The molecular formula is C14H14N2O3S. The van der Waals surface area contributed by atoms with E-state index in [2.05, 4.69) is 10.5 Å². The van der Waals surface area contributed by atoms with Gasteiger partial charge in [-0.3, -0.25) is 4.79 Å². The van der Waals surface area contributed by atoms with Crippen LogP contribution in [0.1, 0.15) is 15.2 Å². The van der Waals surface area contributed by atoms with Crippen molar-refractivity contribution < 1.29 is 14.3 Å². The van der Waals surface area contributed by atoms with E-state index in [1.165, 1.54) is 17.6 Å². The Morgan fingerprint density at radius 1 is 1.25 bits per heavy atom. The van der Waals surface area contributed by atoms with E-state index < -0.39 is 0 Å². The first-order chi connectivity index (χ1) is 9.76. The van der Waals surface area contributed by atoms with Crippen molar-refractivity contribution in [2.24, 2.45) is 5.10 Å². The van der Waals surface area contributed by atoms with Crippen molar-refractivity contribution in [3.05, 3.63) is 46.2 Å². The van der Waals surface area contributed by atoms with Gasteiger partial charge in [0.2, 0.25) is 0 Å². The van der Waals surface area contributed by atoms with E-state index in [0.29, 0.717) is 16.4 Å². The fraction of sp³-hybridized carbons (Fsp3) is 0.143. The number of hydrogen-bond acceptors (Lipinski definition) is 5. The number of methoxy groups -OCH3 is 2. The van der Waals surface area contributed by atoms with Gasteiger partial charge in [0, 0.05) is 5.56 Å². The van der Waals surface area contributed by atoms with Crippen LogP contribution in [0.5, 0.6) is 11.5 Å². The van der Waals surface area contributed by atoms with E-state index >= 15 is 0 Å². The third-order valence-corrected chi connectivity index (χ3v) is 3.42. The highest BCUT2D eigenvalue weighted by atomic mass is 32.1. The lowest BCUT2D eigenvalue weighted by atomic mass is 10.2. The lowest BCUT2D eigenvalue weighted by molar-refractivity contribution is 0.0959. The minimum absolute atomic E-state index is 0.238. The third-order valence-electron chi connectivity index (χ3n) is 2.55. The fourth-order valence-corrected chi connectivity index (χ4v) is 2.25. The number of rotatable bonds is 5. The second-order valence-corrected chi connectivity index (χ2v) is 4.71. The van der Waals surface area contributed by atoms with Crippen LogP contribution in [0.3, 0.4) is 0 Å². The zero-order chi connectivity index (χ0) is 14.4. The standard InChI is InChI=1S/C14H14N2O3S/c1-18-11-6-3-5-10(13(11)19-2)9-15-16-14(17)12-7-4-8-20-12/h3-9H,1-2H3,(H,16,17). The van der Waals surface area contributed by atoms with Crippen molar-refractivity contribution in [3.8, 4) is 11.5 Å². The topological polar surface area (TPSA) is 59.9 Å². The summed E-state index contributed by atoms with van der Waals surface area (Å²) in [5.41, 5.74) is 3.19. The van der Waals surface area contributed by atoms with Crippen LogP contribution in [0.15, 0.2) is 40.8 Å². The summed E-state index contributed by atoms with van der Waals surface area (Å²) in [6, 6.07) is 8.99. The molecule has 0 saturated carbocycles. The number of carbonyl (C=O) groups excluding carboxylic acids is 1. The van der Waals surface area contributed by atoms with Crippen molar-refractivity contribution >= 4 is 23.5 Å². The molecule has 1 N–H and O–H groups in total. The molecule has 0 aliphatic heterocycles. The van der Waals surface area contributed by atoms with Crippen LogP contribution in [-0.4, -0.2) is 26.3 Å². The lowest BCUT2D eigenvalue weighted by Crippen LogP contribution is -2.16. The average molecular weight is 290 g/mol. The number of para-hydroxylation sites is 1. The number of nitrogens with zero attached hydrogens (tertiary/aromatic N) is 1. The molecule has 6 heteroatoms. The Kier molecular flexibility index (Phi) is 4.73. The minimum atomic E-state index is -0.238. The molecule has 2 aromatic rings. The van der Waals surface area contributed by atoms with E-state index in [1.54, 1.807) is 26.4 Å². The lowest BCUT2D eigenvalue weighted by Gasteiger charge is -2.09. The number of thiophene rings is 1. The molecule has 1 heterocycles. The van der Waals surface area contributed by atoms with Gasteiger partial charge in [0.05, 0.1) is 25.3 Å². The van der Waals surface area contributed by atoms with Gasteiger partial charge in [-0.15, -0.1) is 11.3 Å². The number of hydrazone groups is 1. The maximum Gasteiger partial charge on any atom is 0.281 e. The van der Waals surface area contributed by atoms with Crippen LogP contribution < -0.4 is 14.9 Å². The molecule has 0 aliphatic carbocycles. The van der Waals surface area contributed by atoms with Gasteiger partial charge in [-0.2, -0.15) is 5.10 Å². The van der Waals surface area contributed by atoms with Crippen molar-refractivity contribution in [2.45, 2.75) is 0 Å². The smallest absolute Gasteiger partial charge is 0.281 e. The molecule has 0 radical (unpaired) electrons. The van der Waals surface area contributed by atoms with Gasteiger partial charge < -0.3 is 9.47 Å². The Labute approximate surface area is 120 Å². The summed E-state index contributed by atoms with van der Waals surface area (Å²) in [4.78, 5) is 12.3. The van der Waals surface area contributed by atoms with Gasteiger partial charge in [-0.25, -0.2) is 5.43 Å². The predicted molar refractivity (Wildman–Crippen MR) is 78.9 cm³/mol. The molecule has 1 aromatic heterocycles. The molecular weight excluding hydrogens is 276 g/mol. The SMILES string of the molecule is COc1cccc(C=NNC(=O)c2cccs2)c1OC. The molecule has 0 spiro atoms. The first kappa shape index (κ1) is 14.1. The van der Waals surface area contributed by atoms with E-state index in [1.807, 2.05) is 23.6 Å². The summed E-state index contributed by atoms with van der Waals surface area (Å²) in [5.74, 6) is 0.947. The molecule has 0 aliphatic rings. The Bertz CT molecular complexity index is 609. The molecule has 1 aromatic carbocycles. The van der Waals surface area contributed by atoms with Gasteiger partial charge in [-0.05, 0) is 23.6 Å². The summed E-state index contributed by atoms with van der Waals surface area (Å²) in [7, 11) is 3.12. The molecule has 0 bridgehead atoms. The molecule has 1 amide bonds. The maximum absolute atomic E-state index is 11.7. The van der Waals surface area contributed by atoms with Gasteiger partial charge in [0.25, 0.3) is 5.91 Å². The van der Waals surface area contributed by atoms with Crippen LogP contribution in [0, 0.1) is 0 Å². The van der Waals surface area contributed by atoms with Gasteiger partial charge in [0.15, 0.2) is 11.5 Å². The molecule has 5 nitrogen and oxygen atoms in total. The van der Waals surface area contributed by atoms with Crippen molar-refractivity contribution in [1.82, 2.24) is 5.43 Å². The number of amides is 1. The highest BCUT2D eigenvalue weighted by molar-refractivity contribution is 7.12. The van der Waals surface area contributed by atoms with Crippen LogP contribution in [0.2, 0.25) is 0 Å². The van der Waals surface area contributed by atoms with Gasteiger partial charge >= 0.3 is 0 Å². The second-order valence-electron chi connectivity index (χ2n) is 3.76. The predicted octanol–water partition coefficient (Wildman–Crippen LogP) is 2.53. The summed E-state index contributed by atoms with van der Waals surface area (Å²) in [6.45, 7) is 0. The monoisotopic (exact) mass is 290 g/mol. The highest BCUT2D eigenvalue weighted by Crippen LogP contribution is 2.29. The summed E-state index contributed by atoms with van der Waals surface area (Å²) < 4.78 is 10.5. The van der Waals surface area contributed by atoms with Crippen molar-refractivity contribution in [2.75, 3.05) is 14.2 Å². The normalized spacial score (nSPS) is 10.5. The van der Waals surface area contributed by atoms with Gasteiger partial charge in [0.1, 0.15) is 0 Å². The fourth-order valence-electron chi connectivity index (χ4n) is 1.64. The Morgan fingerprint density at radius 3 is 2.75 bits per heavy atom. The van der Waals surface area contributed by atoms with E-state index in [4.69, 9.17) is 9.47 Å². The van der Waals surface area contributed by atoms with Gasteiger partial charge in [-0.1, -0.05) is 12.1 Å². The maximum atomic E-state index is 11.7. The first-order valence-corrected chi connectivity index (χ1v) is 6.72. The van der Waals surface area contributed by atoms with Crippen molar-refractivity contribution in [3.63, 3.8) is 0 Å². The third kappa shape index (κ3) is 3.16. The number of hydrogen-bond donors (Lipinski definition) is 1.